The number of nitrogens with zero attached hydrogens (tertiary/aromatic N) is 1. The molecule has 0 spiro atoms. The average Bonchev–Trinajstić information content (AvgIpc) is 2.88. The highest BCUT2D eigenvalue weighted by Gasteiger charge is 2.45. The maximum atomic E-state index is 11.4. The molecule has 1 aliphatic rings. The van der Waals surface area contributed by atoms with Gasteiger partial charge in [-0.2, -0.15) is 0 Å². The topological polar surface area (TPSA) is 188 Å². The predicted octanol–water partition coefficient (Wildman–Crippen LogP) is -1.72. The van der Waals surface area contributed by atoms with Gasteiger partial charge in [-0.15, -0.1) is 0 Å². The molecule has 0 aliphatic carbocycles. The highest BCUT2D eigenvalue weighted by Crippen LogP contribution is 2.22. The number of aliphatic hydroxyl groups is 3. The number of aromatic nitrogens is 1. The summed E-state index contributed by atoms with van der Waals surface area (Å²) >= 11 is 10.3. The van der Waals surface area contributed by atoms with Crippen molar-refractivity contribution in [3.63, 3.8) is 0 Å². The van der Waals surface area contributed by atoms with Crippen LogP contribution in [0.2, 0.25) is 0 Å². The van der Waals surface area contributed by atoms with E-state index in [1.54, 1.807) is 19.2 Å². The smallest absolute Gasteiger partial charge is 0.217 e. The summed E-state index contributed by atoms with van der Waals surface area (Å²) in [5.74, 6) is 0.715. The minimum Gasteiger partial charge on any atom is -0.394 e. The van der Waals surface area contributed by atoms with Gasteiger partial charge in [0.2, 0.25) is 5.91 Å². The van der Waals surface area contributed by atoms with Gasteiger partial charge >= 0.3 is 0 Å². The molecule has 2 heterocycles. The van der Waals surface area contributed by atoms with E-state index in [-0.39, 0.29) is 13.2 Å². The van der Waals surface area contributed by atoms with E-state index in [1.165, 1.54) is 6.92 Å². The second-order valence-electron chi connectivity index (χ2n) is 8.02. The summed E-state index contributed by atoms with van der Waals surface area (Å²) in [5, 5.41) is 44.7. The molecule has 2 unspecified atom stereocenters. The first-order valence-electron chi connectivity index (χ1n) is 11.9. The third-order valence-electron chi connectivity index (χ3n) is 5.12. The van der Waals surface area contributed by atoms with Gasteiger partial charge in [0, 0.05) is 20.5 Å². The molecule has 1 aromatic heterocycles. The number of carbonyl (C=O) groups is 1. The zero-order valence-corrected chi connectivity index (χ0v) is 22.8. The Balaban J connectivity index is 1.56. The molecule has 1 fully saturated rings. The van der Waals surface area contributed by atoms with Crippen molar-refractivity contribution in [2.75, 3.05) is 63.9 Å². The van der Waals surface area contributed by atoms with Gasteiger partial charge in [-0.3, -0.25) is 4.79 Å². The Kier molecular flexibility index (Phi) is 14.6. The molecule has 2 rings (SSSR count). The van der Waals surface area contributed by atoms with Crippen LogP contribution in [0, 0.1) is 0 Å². The summed E-state index contributed by atoms with van der Waals surface area (Å²) in [6.07, 6.45) is -4.82. The maximum Gasteiger partial charge on any atom is 0.217 e. The third kappa shape index (κ3) is 11.2. The largest absolute Gasteiger partial charge is 0.394 e. The lowest BCUT2D eigenvalue weighted by atomic mass is 9.97. The van der Waals surface area contributed by atoms with Crippen LogP contribution in [0.5, 0.6) is 0 Å². The fourth-order valence-corrected chi connectivity index (χ4v) is 3.62. The van der Waals surface area contributed by atoms with Crippen molar-refractivity contribution in [1.29, 1.82) is 0 Å². The first-order valence-corrected chi connectivity index (χ1v) is 12.7. The molecular formula is C22H36N6O8S2. The lowest BCUT2D eigenvalue weighted by molar-refractivity contribution is -0.272. The summed E-state index contributed by atoms with van der Waals surface area (Å²) < 4.78 is 22.0. The monoisotopic (exact) mass is 576 g/mol. The number of hydrogen-bond donors (Lipinski definition) is 8. The number of hydrogen-bond acceptors (Lipinski definition) is 11. The molecule has 0 saturated carbocycles. The van der Waals surface area contributed by atoms with Crippen LogP contribution >= 0.6 is 24.4 Å². The second kappa shape index (κ2) is 17.3. The van der Waals surface area contributed by atoms with E-state index in [1.807, 2.05) is 6.07 Å². The van der Waals surface area contributed by atoms with E-state index in [0.29, 0.717) is 48.2 Å². The quantitative estimate of drug-likeness (QED) is 0.0922. The molecule has 0 aromatic carbocycles. The van der Waals surface area contributed by atoms with Crippen LogP contribution in [-0.4, -0.2) is 120 Å². The van der Waals surface area contributed by atoms with Crippen molar-refractivity contribution in [3.05, 3.63) is 18.2 Å². The number of anilines is 2. The predicted molar refractivity (Wildman–Crippen MR) is 147 cm³/mol. The van der Waals surface area contributed by atoms with Crippen molar-refractivity contribution < 1.29 is 39.1 Å². The Bertz CT molecular complexity index is 901. The van der Waals surface area contributed by atoms with Crippen LogP contribution < -0.4 is 26.6 Å². The summed E-state index contributed by atoms with van der Waals surface area (Å²) in [7, 11) is 1.71. The van der Waals surface area contributed by atoms with Gasteiger partial charge in [-0.25, -0.2) is 4.98 Å². The minimum absolute atomic E-state index is 0.0920. The van der Waals surface area contributed by atoms with Crippen LogP contribution in [0.15, 0.2) is 18.2 Å². The molecule has 214 valence electrons. The summed E-state index contributed by atoms with van der Waals surface area (Å²) in [4.78, 5) is 15.8. The lowest BCUT2D eigenvalue weighted by Crippen LogP contribution is -2.64. The SMILES string of the molecule is CNC(=S)Nc1cccc(NC(=S)NCCOCCOCCO[C@@H]2OC(CO)[C@H](O)[C@H](O)C2NC(C)=O)n1. The zero-order chi connectivity index (χ0) is 27.9. The van der Waals surface area contributed by atoms with Crippen LogP contribution in [0.1, 0.15) is 6.92 Å². The molecule has 16 heteroatoms. The number of pyridine rings is 1. The number of rotatable bonds is 14. The second-order valence-corrected chi connectivity index (χ2v) is 8.84. The van der Waals surface area contributed by atoms with Gasteiger partial charge in [0.15, 0.2) is 16.5 Å². The van der Waals surface area contributed by atoms with E-state index >= 15 is 0 Å². The minimum atomic E-state index is -1.36. The van der Waals surface area contributed by atoms with Crippen LogP contribution in [0.25, 0.3) is 0 Å². The van der Waals surface area contributed by atoms with Crippen LogP contribution in [0.4, 0.5) is 11.6 Å². The number of carbonyl (C=O) groups excluding carboxylic acids is 1. The number of ether oxygens (including phenoxy) is 4. The van der Waals surface area contributed by atoms with E-state index in [2.05, 4.69) is 31.6 Å². The van der Waals surface area contributed by atoms with E-state index in [0.717, 1.165) is 0 Å². The molecule has 0 bridgehead atoms. The molecule has 1 amide bonds. The van der Waals surface area contributed by atoms with E-state index < -0.39 is 43.2 Å². The highest BCUT2D eigenvalue weighted by molar-refractivity contribution is 7.80. The molecular weight excluding hydrogens is 540 g/mol. The number of amides is 1. The summed E-state index contributed by atoms with van der Waals surface area (Å²) in [6, 6.07) is 4.38. The van der Waals surface area contributed by atoms with Crippen molar-refractivity contribution in [2.24, 2.45) is 0 Å². The Hall–Kier alpha value is -2.28. The van der Waals surface area contributed by atoms with E-state index in [9.17, 15) is 20.1 Å². The third-order valence-corrected chi connectivity index (χ3v) is 5.68. The Labute approximate surface area is 231 Å². The lowest BCUT2D eigenvalue weighted by Gasteiger charge is -2.42. The standard InChI is InChI=1S/C22H36N6O8S2/c1-13(30)25-17-19(32)18(31)14(12-29)36-20(17)35-11-10-34-9-8-33-7-6-24-22(38)28-16-5-3-4-15(26-16)27-21(37)23-2/h3-5,14,17-20,29,31-32H,6-12H2,1-2H3,(H,25,30)(H4,23,24,26,27,28,37,38)/t14?,17?,18-,19+,20+/m0/s1. The van der Waals surface area contributed by atoms with Gasteiger partial charge in [0.25, 0.3) is 0 Å². The molecule has 1 saturated heterocycles. The Morgan fingerprint density at radius 1 is 1.03 bits per heavy atom. The van der Waals surface area contributed by atoms with Crippen LogP contribution in [0.3, 0.4) is 0 Å². The van der Waals surface area contributed by atoms with Crippen molar-refractivity contribution in [2.45, 2.75) is 37.6 Å². The molecule has 0 radical (unpaired) electrons. The Morgan fingerprint density at radius 2 is 1.66 bits per heavy atom. The average molecular weight is 577 g/mol. The van der Waals surface area contributed by atoms with Gasteiger partial charge in [0.1, 0.15) is 36.0 Å². The number of aliphatic hydroxyl groups excluding tert-OH is 3. The van der Waals surface area contributed by atoms with Gasteiger partial charge in [-0.1, -0.05) is 6.07 Å². The Morgan fingerprint density at radius 3 is 2.29 bits per heavy atom. The van der Waals surface area contributed by atoms with Crippen molar-refractivity contribution in [3.8, 4) is 0 Å². The van der Waals surface area contributed by atoms with Crippen molar-refractivity contribution >= 4 is 52.2 Å². The van der Waals surface area contributed by atoms with Gasteiger partial charge in [-0.05, 0) is 36.6 Å². The first-order chi connectivity index (χ1) is 18.2. The fourth-order valence-electron chi connectivity index (χ4n) is 3.31. The normalized spacial score (nSPS) is 22.8. The fraction of sp³-hybridized carbons (Fsp3) is 0.636. The molecule has 1 aliphatic heterocycles. The highest BCUT2D eigenvalue weighted by atomic mass is 32.1. The molecule has 14 nitrogen and oxygen atoms in total. The number of nitrogens with one attached hydrogen (secondary N) is 5. The van der Waals surface area contributed by atoms with Crippen molar-refractivity contribution in [1.82, 2.24) is 20.9 Å². The van der Waals surface area contributed by atoms with Gasteiger partial charge < -0.3 is 60.9 Å². The van der Waals surface area contributed by atoms with E-state index in [4.69, 9.17) is 43.4 Å². The molecule has 5 atom stereocenters. The molecule has 38 heavy (non-hydrogen) atoms. The summed E-state index contributed by atoms with van der Waals surface area (Å²) in [6.45, 7) is 2.57. The van der Waals surface area contributed by atoms with Gasteiger partial charge in [0.05, 0.1) is 39.6 Å². The maximum absolute atomic E-state index is 11.4. The first kappa shape index (κ1) is 31.9. The molecule has 1 aromatic rings. The number of thiocarbonyl (C=S) groups is 2. The molecule has 8 N–H and O–H groups in total. The zero-order valence-electron chi connectivity index (χ0n) is 21.2. The van der Waals surface area contributed by atoms with Crippen LogP contribution in [-0.2, 0) is 23.7 Å². The summed E-state index contributed by atoms with van der Waals surface area (Å²) in [5.41, 5.74) is 0.